The number of aromatic amines is 1. The second-order valence-electron chi connectivity index (χ2n) is 1.43. The van der Waals surface area contributed by atoms with E-state index in [0.717, 1.165) is 0 Å². The molecule has 1 N–H and O–H groups in total. The smallest absolute Gasteiger partial charge is 0.180 e. The average molecular weight is 113 g/mol. The normalized spacial score (nSPS) is 13.8. The fourth-order valence-corrected chi connectivity index (χ4v) is 0.339. The number of nitrogens with one attached hydrogen (secondary N) is 1. The van der Waals surface area contributed by atoms with E-state index in [2.05, 4.69) is 20.6 Å². The van der Waals surface area contributed by atoms with E-state index in [9.17, 15) is 5.11 Å². The SMILES string of the molecule is CC([O])c1nnn[nH]1. The van der Waals surface area contributed by atoms with Crippen LogP contribution in [-0.4, -0.2) is 20.6 Å². The van der Waals surface area contributed by atoms with Gasteiger partial charge in [0.1, 0.15) is 0 Å². The van der Waals surface area contributed by atoms with Crippen molar-refractivity contribution in [1.29, 1.82) is 0 Å². The van der Waals surface area contributed by atoms with Gasteiger partial charge in [-0.05, 0) is 17.4 Å². The summed E-state index contributed by atoms with van der Waals surface area (Å²) in [5.41, 5.74) is 0. The van der Waals surface area contributed by atoms with Crippen molar-refractivity contribution in [3.8, 4) is 0 Å². The lowest BCUT2D eigenvalue weighted by atomic mass is 10.4. The highest BCUT2D eigenvalue weighted by Gasteiger charge is 2.03. The van der Waals surface area contributed by atoms with E-state index in [1.807, 2.05) is 0 Å². The second-order valence-corrected chi connectivity index (χ2v) is 1.43. The summed E-state index contributed by atoms with van der Waals surface area (Å²) in [6.07, 6.45) is -0.856. The summed E-state index contributed by atoms with van der Waals surface area (Å²) >= 11 is 0. The van der Waals surface area contributed by atoms with Gasteiger partial charge in [-0.3, -0.25) is 0 Å². The molecule has 0 aliphatic rings. The quantitative estimate of drug-likeness (QED) is 0.542. The molecule has 0 spiro atoms. The van der Waals surface area contributed by atoms with Crippen molar-refractivity contribution in [1.82, 2.24) is 20.6 Å². The second kappa shape index (κ2) is 1.87. The first kappa shape index (κ1) is 5.17. The molecule has 0 fully saturated rings. The van der Waals surface area contributed by atoms with E-state index >= 15 is 0 Å². The number of aromatic nitrogens is 4. The van der Waals surface area contributed by atoms with Crippen LogP contribution in [0.4, 0.5) is 0 Å². The third kappa shape index (κ3) is 0.812. The van der Waals surface area contributed by atoms with Crippen LogP contribution in [0.3, 0.4) is 0 Å². The largest absolute Gasteiger partial charge is 0.241 e. The highest BCUT2D eigenvalue weighted by Crippen LogP contribution is 2.00. The van der Waals surface area contributed by atoms with Crippen molar-refractivity contribution >= 4 is 0 Å². The number of nitrogens with zero attached hydrogens (tertiary/aromatic N) is 3. The summed E-state index contributed by atoms with van der Waals surface area (Å²) in [5, 5.41) is 22.6. The van der Waals surface area contributed by atoms with E-state index in [4.69, 9.17) is 0 Å². The maximum atomic E-state index is 10.4. The van der Waals surface area contributed by atoms with Gasteiger partial charge in [-0.15, -0.1) is 5.10 Å². The lowest BCUT2D eigenvalue weighted by Gasteiger charge is -1.88. The predicted molar refractivity (Wildman–Crippen MR) is 23.3 cm³/mol. The summed E-state index contributed by atoms with van der Waals surface area (Å²) in [6, 6.07) is 0. The highest BCUT2D eigenvalue weighted by atomic mass is 16.3. The molecular formula is C3H5N4O. The summed E-state index contributed by atoms with van der Waals surface area (Å²) in [6.45, 7) is 1.47. The number of H-pyrrole nitrogens is 1. The average Bonchev–Trinajstić information content (AvgIpc) is 2.12. The van der Waals surface area contributed by atoms with Gasteiger partial charge in [0.15, 0.2) is 11.9 Å². The minimum Gasteiger partial charge on any atom is -0.241 e. The Morgan fingerprint density at radius 2 is 2.50 bits per heavy atom. The standard InChI is InChI=1S/C3H5N4O/c1-2(8)3-4-6-7-5-3/h2H,1H3,(H,4,5,6,7). The van der Waals surface area contributed by atoms with Gasteiger partial charge in [0, 0.05) is 0 Å². The van der Waals surface area contributed by atoms with Crippen LogP contribution in [0.2, 0.25) is 0 Å². The Morgan fingerprint density at radius 1 is 1.75 bits per heavy atom. The van der Waals surface area contributed by atoms with Crippen molar-refractivity contribution in [3.63, 3.8) is 0 Å². The maximum absolute atomic E-state index is 10.4. The van der Waals surface area contributed by atoms with E-state index in [1.165, 1.54) is 6.92 Å². The summed E-state index contributed by atoms with van der Waals surface area (Å²) in [4.78, 5) is 0. The van der Waals surface area contributed by atoms with Gasteiger partial charge in [-0.2, -0.15) is 0 Å². The zero-order valence-corrected chi connectivity index (χ0v) is 4.33. The van der Waals surface area contributed by atoms with Gasteiger partial charge in [-0.1, -0.05) is 0 Å². The Hall–Kier alpha value is -0.970. The molecule has 0 aliphatic carbocycles. The van der Waals surface area contributed by atoms with Crippen LogP contribution in [0.15, 0.2) is 0 Å². The molecule has 1 unspecified atom stereocenters. The first-order valence-electron chi connectivity index (χ1n) is 2.20. The molecule has 1 atom stereocenters. The van der Waals surface area contributed by atoms with E-state index in [-0.39, 0.29) is 5.82 Å². The van der Waals surface area contributed by atoms with Gasteiger partial charge >= 0.3 is 0 Å². The molecule has 43 valence electrons. The molecule has 0 aliphatic heterocycles. The van der Waals surface area contributed by atoms with E-state index < -0.39 is 6.10 Å². The first-order valence-corrected chi connectivity index (χ1v) is 2.20. The fourth-order valence-electron chi connectivity index (χ4n) is 0.339. The van der Waals surface area contributed by atoms with Crippen LogP contribution < -0.4 is 0 Å². The molecule has 1 aromatic rings. The van der Waals surface area contributed by atoms with Crippen LogP contribution in [0.1, 0.15) is 18.9 Å². The molecule has 0 amide bonds. The summed E-state index contributed by atoms with van der Waals surface area (Å²) in [5.74, 6) is 0.282. The molecule has 0 aromatic carbocycles. The number of rotatable bonds is 1. The molecule has 5 nitrogen and oxygen atoms in total. The Bertz CT molecular complexity index is 146. The van der Waals surface area contributed by atoms with Crippen LogP contribution >= 0.6 is 0 Å². The van der Waals surface area contributed by atoms with Crippen LogP contribution in [0, 0.1) is 0 Å². The van der Waals surface area contributed by atoms with Gasteiger partial charge < -0.3 is 0 Å². The molecule has 0 saturated heterocycles. The van der Waals surface area contributed by atoms with Gasteiger partial charge in [0.25, 0.3) is 0 Å². The molecular weight excluding hydrogens is 108 g/mol. The Kier molecular flexibility index (Phi) is 1.21. The minimum absolute atomic E-state index is 0.282. The monoisotopic (exact) mass is 113 g/mol. The summed E-state index contributed by atoms with van der Waals surface area (Å²) in [7, 11) is 0. The van der Waals surface area contributed by atoms with E-state index in [1.54, 1.807) is 0 Å². The zero-order valence-electron chi connectivity index (χ0n) is 4.33. The zero-order chi connectivity index (χ0) is 5.98. The van der Waals surface area contributed by atoms with Gasteiger partial charge in [0.05, 0.1) is 0 Å². The maximum Gasteiger partial charge on any atom is 0.180 e. The van der Waals surface area contributed by atoms with Crippen molar-refractivity contribution in [3.05, 3.63) is 5.82 Å². The van der Waals surface area contributed by atoms with Gasteiger partial charge in [-0.25, -0.2) is 10.2 Å². The molecule has 0 saturated carbocycles. The van der Waals surface area contributed by atoms with Crippen LogP contribution in [-0.2, 0) is 5.11 Å². The molecule has 8 heavy (non-hydrogen) atoms. The third-order valence-corrected chi connectivity index (χ3v) is 0.747. The topological polar surface area (TPSA) is 74.4 Å². The highest BCUT2D eigenvalue weighted by molar-refractivity contribution is 4.78. The third-order valence-electron chi connectivity index (χ3n) is 0.747. The molecule has 1 rings (SSSR count). The lowest BCUT2D eigenvalue weighted by Crippen LogP contribution is -1.91. The number of hydrogen-bond donors (Lipinski definition) is 1. The van der Waals surface area contributed by atoms with E-state index in [0.29, 0.717) is 0 Å². The Labute approximate surface area is 45.7 Å². The van der Waals surface area contributed by atoms with Crippen molar-refractivity contribution < 1.29 is 5.11 Å². The Balaban J connectivity index is 2.77. The first-order chi connectivity index (χ1) is 3.80. The molecule has 5 heteroatoms. The fraction of sp³-hybridized carbons (Fsp3) is 0.667. The van der Waals surface area contributed by atoms with Crippen LogP contribution in [0.5, 0.6) is 0 Å². The lowest BCUT2D eigenvalue weighted by molar-refractivity contribution is 0.0983. The molecule has 1 aromatic heterocycles. The van der Waals surface area contributed by atoms with Crippen molar-refractivity contribution in [2.45, 2.75) is 13.0 Å². The van der Waals surface area contributed by atoms with Crippen LogP contribution in [0.25, 0.3) is 0 Å². The predicted octanol–water partition coefficient (Wildman–Crippen LogP) is -0.309. The minimum atomic E-state index is -0.856. The number of tetrazole rings is 1. The molecule has 1 radical (unpaired) electrons. The Morgan fingerprint density at radius 3 is 2.75 bits per heavy atom. The van der Waals surface area contributed by atoms with Crippen molar-refractivity contribution in [2.75, 3.05) is 0 Å². The number of hydrogen-bond acceptors (Lipinski definition) is 3. The van der Waals surface area contributed by atoms with Crippen molar-refractivity contribution in [2.24, 2.45) is 0 Å². The van der Waals surface area contributed by atoms with Gasteiger partial charge in [0.2, 0.25) is 0 Å². The molecule has 1 heterocycles. The summed E-state index contributed by atoms with van der Waals surface area (Å²) < 4.78 is 0. The molecule has 0 bridgehead atoms.